The van der Waals surface area contributed by atoms with Gasteiger partial charge in [-0.1, -0.05) is 39.8 Å². The fourth-order valence-electron chi connectivity index (χ4n) is 1.83. The minimum Gasteiger partial charge on any atom is -0.461 e. The lowest BCUT2D eigenvalue weighted by Gasteiger charge is -2.18. The van der Waals surface area contributed by atoms with Gasteiger partial charge in [-0.05, 0) is 5.92 Å². The number of esters is 1. The Balaban J connectivity index is 2.52. The summed E-state index contributed by atoms with van der Waals surface area (Å²) >= 11 is 0. The second-order valence-corrected chi connectivity index (χ2v) is 4.62. The Labute approximate surface area is 86.3 Å². The first-order chi connectivity index (χ1) is 6.50. The second kappa shape index (κ2) is 4.63. The summed E-state index contributed by atoms with van der Waals surface area (Å²) in [6.07, 6.45) is 4.98. The van der Waals surface area contributed by atoms with Gasteiger partial charge in [-0.25, -0.2) is 0 Å². The fourth-order valence-corrected chi connectivity index (χ4v) is 1.83. The molecule has 0 N–H and O–H groups in total. The molecule has 0 unspecified atom stereocenters. The molecular weight excluding hydrogens is 176 g/mol. The Hall–Kier alpha value is -0.790. The summed E-state index contributed by atoms with van der Waals surface area (Å²) in [5.74, 6) is 1.20. The van der Waals surface area contributed by atoms with Gasteiger partial charge in [0.25, 0.3) is 0 Å². The zero-order valence-electron chi connectivity index (χ0n) is 9.49. The highest BCUT2D eigenvalue weighted by Gasteiger charge is 2.34. The molecule has 14 heavy (non-hydrogen) atoms. The zero-order chi connectivity index (χ0) is 10.7. The lowest BCUT2D eigenvalue weighted by Crippen LogP contribution is -2.21. The summed E-state index contributed by atoms with van der Waals surface area (Å²) in [5.41, 5.74) is 0. The van der Waals surface area contributed by atoms with Crippen molar-refractivity contribution in [2.24, 2.45) is 17.8 Å². The number of hydrogen-bond acceptors (Lipinski definition) is 2. The molecule has 80 valence electrons. The first-order valence-electron chi connectivity index (χ1n) is 5.38. The van der Waals surface area contributed by atoms with Crippen LogP contribution in [0.1, 0.15) is 34.1 Å². The van der Waals surface area contributed by atoms with Crippen molar-refractivity contribution in [3.63, 3.8) is 0 Å². The van der Waals surface area contributed by atoms with E-state index in [1.54, 1.807) is 0 Å². The first-order valence-corrected chi connectivity index (χ1v) is 5.38. The zero-order valence-corrected chi connectivity index (χ0v) is 9.49. The molecule has 3 atom stereocenters. The second-order valence-electron chi connectivity index (χ2n) is 4.62. The Bertz CT molecular complexity index is 230. The largest absolute Gasteiger partial charge is 0.461 e. The van der Waals surface area contributed by atoms with E-state index in [0.717, 1.165) is 0 Å². The maximum absolute atomic E-state index is 11.1. The Morgan fingerprint density at radius 3 is 2.43 bits per heavy atom. The van der Waals surface area contributed by atoms with Gasteiger partial charge >= 0.3 is 5.97 Å². The van der Waals surface area contributed by atoms with E-state index in [1.165, 1.54) is 0 Å². The van der Waals surface area contributed by atoms with E-state index < -0.39 is 0 Å². The van der Waals surface area contributed by atoms with Gasteiger partial charge in [-0.3, -0.25) is 4.79 Å². The number of carbonyl (C=O) groups is 1. The summed E-state index contributed by atoms with van der Waals surface area (Å²) in [7, 11) is 0. The normalized spacial score (nSPS) is 29.9. The molecule has 1 heterocycles. The van der Waals surface area contributed by atoms with Gasteiger partial charge in [0.15, 0.2) is 0 Å². The molecule has 1 aliphatic heterocycles. The number of carbonyl (C=O) groups excluding carboxylic acids is 1. The molecule has 0 radical (unpaired) electrons. The average molecular weight is 196 g/mol. The van der Waals surface area contributed by atoms with Crippen molar-refractivity contribution < 1.29 is 9.53 Å². The maximum atomic E-state index is 11.1. The molecule has 2 nitrogen and oxygen atoms in total. The lowest BCUT2D eigenvalue weighted by molar-refractivity contribution is -0.142. The van der Waals surface area contributed by atoms with Crippen molar-refractivity contribution in [2.45, 2.75) is 40.2 Å². The molecule has 0 bridgehead atoms. The molecule has 1 rings (SSSR count). The van der Waals surface area contributed by atoms with Crippen LogP contribution in [0.4, 0.5) is 0 Å². The van der Waals surface area contributed by atoms with Crippen LogP contribution in [0.5, 0.6) is 0 Å². The first kappa shape index (κ1) is 11.3. The summed E-state index contributed by atoms with van der Waals surface area (Å²) in [6.45, 7) is 8.48. The highest BCUT2D eigenvalue weighted by molar-refractivity contribution is 5.72. The monoisotopic (exact) mass is 196 g/mol. The number of ether oxygens (including phenoxy) is 1. The molecular formula is C12H20O2. The van der Waals surface area contributed by atoms with Crippen molar-refractivity contribution in [3.8, 4) is 0 Å². The minimum atomic E-state index is -0.0488. The van der Waals surface area contributed by atoms with Crippen molar-refractivity contribution in [1.29, 1.82) is 0 Å². The van der Waals surface area contributed by atoms with Crippen LogP contribution in [0.2, 0.25) is 0 Å². The standard InChI is InChI=1S/C12H20O2/c1-8(2)5-6-9(3)12-10(4)7-11(13)14-12/h5-6,8-10,12H,7H2,1-4H3/b6-5+/t9-,10+,12-/m0/s1. The summed E-state index contributed by atoms with van der Waals surface area (Å²) in [4.78, 5) is 11.1. The van der Waals surface area contributed by atoms with Gasteiger partial charge in [0.1, 0.15) is 6.10 Å². The Morgan fingerprint density at radius 1 is 1.36 bits per heavy atom. The molecule has 1 saturated heterocycles. The number of cyclic esters (lactones) is 1. The SMILES string of the molecule is CC(C)/C=C/[C@H](C)[C@@H]1OC(=O)C[C@H]1C. The molecule has 0 saturated carbocycles. The van der Waals surface area contributed by atoms with Crippen LogP contribution >= 0.6 is 0 Å². The molecule has 0 aromatic heterocycles. The van der Waals surface area contributed by atoms with Gasteiger partial charge in [-0.2, -0.15) is 0 Å². The van der Waals surface area contributed by atoms with E-state index in [4.69, 9.17) is 4.74 Å². The molecule has 0 aromatic carbocycles. The molecule has 0 aliphatic carbocycles. The molecule has 0 spiro atoms. The van der Waals surface area contributed by atoms with E-state index >= 15 is 0 Å². The quantitative estimate of drug-likeness (QED) is 0.512. The van der Waals surface area contributed by atoms with Crippen molar-refractivity contribution in [3.05, 3.63) is 12.2 Å². The van der Waals surface area contributed by atoms with Crippen LogP contribution in [0, 0.1) is 17.8 Å². The topological polar surface area (TPSA) is 26.3 Å². The van der Waals surface area contributed by atoms with Crippen molar-refractivity contribution in [2.75, 3.05) is 0 Å². The Kier molecular flexibility index (Phi) is 3.73. The van der Waals surface area contributed by atoms with E-state index in [0.29, 0.717) is 24.2 Å². The van der Waals surface area contributed by atoms with Gasteiger partial charge in [0.05, 0.1) is 6.42 Å². The van der Waals surface area contributed by atoms with Crippen LogP contribution in [-0.4, -0.2) is 12.1 Å². The molecule has 0 amide bonds. The van der Waals surface area contributed by atoms with Crippen LogP contribution in [0.25, 0.3) is 0 Å². The predicted octanol–water partition coefficient (Wildman–Crippen LogP) is 2.79. The summed E-state index contributed by atoms with van der Waals surface area (Å²) < 4.78 is 5.28. The van der Waals surface area contributed by atoms with E-state index in [9.17, 15) is 4.79 Å². The third-order valence-corrected chi connectivity index (χ3v) is 2.63. The lowest BCUT2D eigenvalue weighted by atomic mass is 9.92. The Morgan fingerprint density at radius 2 is 2.00 bits per heavy atom. The predicted molar refractivity (Wildman–Crippen MR) is 56.8 cm³/mol. The molecule has 2 heteroatoms. The summed E-state index contributed by atoms with van der Waals surface area (Å²) in [6, 6.07) is 0. The molecule has 1 fully saturated rings. The summed E-state index contributed by atoms with van der Waals surface area (Å²) in [5, 5.41) is 0. The van der Waals surface area contributed by atoms with Gasteiger partial charge < -0.3 is 4.74 Å². The smallest absolute Gasteiger partial charge is 0.306 e. The van der Waals surface area contributed by atoms with Crippen molar-refractivity contribution in [1.82, 2.24) is 0 Å². The van der Waals surface area contributed by atoms with Crippen LogP contribution in [-0.2, 0) is 9.53 Å². The van der Waals surface area contributed by atoms with Gasteiger partial charge in [0.2, 0.25) is 0 Å². The highest BCUT2D eigenvalue weighted by Crippen LogP contribution is 2.28. The maximum Gasteiger partial charge on any atom is 0.306 e. The third-order valence-electron chi connectivity index (χ3n) is 2.63. The number of rotatable bonds is 3. The van der Waals surface area contributed by atoms with Crippen LogP contribution < -0.4 is 0 Å². The molecule has 1 aliphatic rings. The fraction of sp³-hybridized carbons (Fsp3) is 0.750. The van der Waals surface area contributed by atoms with Crippen LogP contribution in [0.3, 0.4) is 0 Å². The highest BCUT2D eigenvalue weighted by atomic mass is 16.6. The van der Waals surface area contributed by atoms with Crippen molar-refractivity contribution >= 4 is 5.97 Å². The van der Waals surface area contributed by atoms with E-state index in [-0.39, 0.29) is 12.1 Å². The molecule has 0 aromatic rings. The van der Waals surface area contributed by atoms with E-state index in [2.05, 4.69) is 39.8 Å². The minimum absolute atomic E-state index is 0.0488. The average Bonchev–Trinajstić information content (AvgIpc) is 2.41. The van der Waals surface area contributed by atoms with Gasteiger partial charge in [-0.15, -0.1) is 0 Å². The van der Waals surface area contributed by atoms with Gasteiger partial charge in [0, 0.05) is 11.8 Å². The third kappa shape index (κ3) is 2.86. The number of allylic oxidation sites excluding steroid dienone is 1. The number of hydrogen-bond donors (Lipinski definition) is 0. The van der Waals surface area contributed by atoms with E-state index in [1.807, 2.05) is 0 Å². The van der Waals surface area contributed by atoms with Crippen LogP contribution in [0.15, 0.2) is 12.2 Å².